The van der Waals surface area contributed by atoms with E-state index >= 15 is 0 Å². The van der Waals surface area contributed by atoms with Gasteiger partial charge in [0.05, 0.1) is 22.9 Å². The third kappa shape index (κ3) is 3.50. The zero-order chi connectivity index (χ0) is 13.7. The maximum absolute atomic E-state index is 13.2. The summed E-state index contributed by atoms with van der Waals surface area (Å²) in [4.78, 5) is 13.3. The summed E-state index contributed by atoms with van der Waals surface area (Å²) in [5.41, 5.74) is 6.58. The van der Waals surface area contributed by atoms with Gasteiger partial charge in [-0.25, -0.2) is 4.39 Å². The number of carbonyl (C=O) groups excluding carboxylic acids is 1. The quantitative estimate of drug-likeness (QED) is 0.807. The Morgan fingerprint density at radius 2 is 2.17 bits per heavy atom. The summed E-state index contributed by atoms with van der Waals surface area (Å²) in [7, 11) is 0. The Bertz CT molecular complexity index is 440. The van der Waals surface area contributed by atoms with E-state index in [0.29, 0.717) is 18.8 Å². The number of benzene rings is 1. The standard InChI is InChI=1S/C12H17ClFN3O/c1-3-16-12(18)7-17(4-2)11-5-8(13)9(14)6-10(11)15/h5-6H,3-4,7,15H2,1-2H3,(H,16,18). The molecular formula is C12H17ClFN3O. The Labute approximate surface area is 111 Å². The molecule has 6 heteroatoms. The van der Waals surface area contributed by atoms with Crippen molar-refractivity contribution in [1.82, 2.24) is 5.32 Å². The smallest absolute Gasteiger partial charge is 0.239 e. The average molecular weight is 274 g/mol. The van der Waals surface area contributed by atoms with Gasteiger partial charge in [-0.15, -0.1) is 0 Å². The molecule has 0 aromatic heterocycles. The van der Waals surface area contributed by atoms with Gasteiger partial charge >= 0.3 is 0 Å². The highest BCUT2D eigenvalue weighted by atomic mass is 35.5. The second-order valence-corrected chi connectivity index (χ2v) is 4.20. The van der Waals surface area contributed by atoms with E-state index in [1.807, 2.05) is 13.8 Å². The first-order valence-corrected chi connectivity index (χ1v) is 6.13. The predicted molar refractivity (Wildman–Crippen MR) is 72.4 cm³/mol. The lowest BCUT2D eigenvalue weighted by molar-refractivity contribution is -0.119. The van der Waals surface area contributed by atoms with Gasteiger partial charge in [0.1, 0.15) is 5.82 Å². The number of hydrogen-bond donors (Lipinski definition) is 2. The van der Waals surface area contributed by atoms with Gasteiger partial charge in [-0.3, -0.25) is 4.79 Å². The van der Waals surface area contributed by atoms with Gasteiger partial charge in [0.2, 0.25) is 5.91 Å². The molecule has 0 aliphatic carbocycles. The Morgan fingerprint density at radius 3 is 2.72 bits per heavy atom. The number of amides is 1. The van der Waals surface area contributed by atoms with E-state index in [1.54, 1.807) is 4.90 Å². The van der Waals surface area contributed by atoms with Crippen LogP contribution in [-0.4, -0.2) is 25.5 Å². The average Bonchev–Trinajstić information content (AvgIpc) is 2.31. The van der Waals surface area contributed by atoms with E-state index < -0.39 is 5.82 Å². The maximum atomic E-state index is 13.2. The Hall–Kier alpha value is -1.49. The number of nitrogens with one attached hydrogen (secondary N) is 1. The molecule has 1 aromatic carbocycles. The summed E-state index contributed by atoms with van der Waals surface area (Å²) in [6.45, 7) is 5.03. The second kappa shape index (κ2) is 6.44. The largest absolute Gasteiger partial charge is 0.397 e. The molecule has 4 nitrogen and oxygen atoms in total. The molecule has 0 radical (unpaired) electrons. The van der Waals surface area contributed by atoms with E-state index in [1.165, 1.54) is 6.07 Å². The maximum Gasteiger partial charge on any atom is 0.239 e. The molecule has 1 aromatic rings. The van der Waals surface area contributed by atoms with Crippen LogP contribution in [0.3, 0.4) is 0 Å². The van der Waals surface area contributed by atoms with Crippen LogP contribution >= 0.6 is 11.6 Å². The molecule has 1 rings (SSSR count). The van der Waals surface area contributed by atoms with Crippen molar-refractivity contribution in [2.75, 3.05) is 30.3 Å². The molecule has 0 bridgehead atoms. The molecule has 0 fully saturated rings. The number of nitrogens with zero attached hydrogens (tertiary/aromatic N) is 1. The van der Waals surface area contributed by atoms with Gasteiger partial charge in [0.25, 0.3) is 0 Å². The summed E-state index contributed by atoms with van der Waals surface area (Å²) in [5.74, 6) is -0.675. The van der Waals surface area contributed by atoms with Crippen LogP contribution in [0.4, 0.5) is 15.8 Å². The Kier molecular flexibility index (Phi) is 5.22. The fourth-order valence-electron chi connectivity index (χ4n) is 1.62. The number of nitrogen functional groups attached to an aromatic ring is 1. The van der Waals surface area contributed by atoms with Gasteiger partial charge in [-0.05, 0) is 19.9 Å². The minimum Gasteiger partial charge on any atom is -0.397 e. The highest BCUT2D eigenvalue weighted by Crippen LogP contribution is 2.29. The van der Waals surface area contributed by atoms with Crippen LogP contribution in [0.15, 0.2) is 12.1 Å². The molecule has 100 valence electrons. The molecule has 18 heavy (non-hydrogen) atoms. The lowest BCUT2D eigenvalue weighted by Crippen LogP contribution is -2.37. The molecule has 0 saturated heterocycles. The summed E-state index contributed by atoms with van der Waals surface area (Å²) in [6.07, 6.45) is 0. The highest BCUT2D eigenvalue weighted by Gasteiger charge is 2.14. The summed E-state index contributed by atoms with van der Waals surface area (Å²) >= 11 is 5.73. The van der Waals surface area contributed by atoms with Gasteiger partial charge < -0.3 is 16.0 Å². The number of halogens is 2. The first kappa shape index (κ1) is 14.6. The number of nitrogens with two attached hydrogens (primary N) is 1. The first-order valence-electron chi connectivity index (χ1n) is 5.75. The molecule has 0 unspecified atom stereocenters. The Morgan fingerprint density at radius 1 is 1.50 bits per heavy atom. The second-order valence-electron chi connectivity index (χ2n) is 3.79. The van der Waals surface area contributed by atoms with Gasteiger partial charge in [0, 0.05) is 19.2 Å². The van der Waals surface area contributed by atoms with Crippen molar-refractivity contribution in [1.29, 1.82) is 0 Å². The van der Waals surface area contributed by atoms with Crippen LogP contribution in [-0.2, 0) is 4.79 Å². The van der Waals surface area contributed by atoms with Crippen LogP contribution < -0.4 is 16.0 Å². The van der Waals surface area contributed by atoms with Crippen LogP contribution in [0.2, 0.25) is 5.02 Å². The first-order chi connectivity index (χ1) is 8.49. The van der Waals surface area contributed by atoms with E-state index in [2.05, 4.69) is 5.32 Å². The highest BCUT2D eigenvalue weighted by molar-refractivity contribution is 6.31. The summed E-state index contributed by atoms with van der Waals surface area (Å²) in [6, 6.07) is 2.60. The van der Waals surface area contributed by atoms with Crippen molar-refractivity contribution in [3.05, 3.63) is 23.0 Å². The lowest BCUT2D eigenvalue weighted by atomic mass is 10.2. The van der Waals surface area contributed by atoms with Gasteiger partial charge in [0.15, 0.2) is 0 Å². The van der Waals surface area contributed by atoms with Crippen molar-refractivity contribution >= 4 is 28.9 Å². The van der Waals surface area contributed by atoms with Crippen LogP contribution in [0, 0.1) is 5.82 Å². The normalized spacial score (nSPS) is 10.2. The lowest BCUT2D eigenvalue weighted by Gasteiger charge is -2.24. The summed E-state index contributed by atoms with van der Waals surface area (Å²) in [5, 5.41) is 2.69. The molecule has 0 atom stereocenters. The SMILES string of the molecule is CCNC(=O)CN(CC)c1cc(Cl)c(F)cc1N. The number of carbonyl (C=O) groups is 1. The van der Waals surface area contributed by atoms with Gasteiger partial charge in [-0.2, -0.15) is 0 Å². The Balaban J connectivity index is 2.95. The minimum absolute atomic E-state index is 0.00597. The van der Waals surface area contributed by atoms with Crippen LogP contribution in [0.25, 0.3) is 0 Å². The van der Waals surface area contributed by atoms with Crippen LogP contribution in [0.5, 0.6) is 0 Å². The van der Waals surface area contributed by atoms with E-state index in [-0.39, 0.29) is 23.2 Å². The topological polar surface area (TPSA) is 58.4 Å². The van der Waals surface area contributed by atoms with E-state index in [4.69, 9.17) is 17.3 Å². The van der Waals surface area contributed by atoms with Crippen molar-refractivity contribution < 1.29 is 9.18 Å². The van der Waals surface area contributed by atoms with Crippen molar-refractivity contribution in [2.24, 2.45) is 0 Å². The van der Waals surface area contributed by atoms with Gasteiger partial charge in [-0.1, -0.05) is 11.6 Å². The van der Waals surface area contributed by atoms with Crippen LogP contribution in [0.1, 0.15) is 13.8 Å². The zero-order valence-electron chi connectivity index (χ0n) is 10.5. The van der Waals surface area contributed by atoms with E-state index in [0.717, 1.165) is 6.07 Å². The van der Waals surface area contributed by atoms with Crippen molar-refractivity contribution in [2.45, 2.75) is 13.8 Å². The molecule has 0 aliphatic rings. The molecule has 0 spiro atoms. The third-order valence-electron chi connectivity index (χ3n) is 2.50. The molecule has 0 heterocycles. The fraction of sp³-hybridized carbons (Fsp3) is 0.417. The molecule has 0 aliphatic heterocycles. The number of hydrogen-bond acceptors (Lipinski definition) is 3. The predicted octanol–water partition coefficient (Wildman–Crippen LogP) is 2.02. The van der Waals surface area contributed by atoms with E-state index in [9.17, 15) is 9.18 Å². The third-order valence-corrected chi connectivity index (χ3v) is 2.79. The fourth-order valence-corrected chi connectivity index (χ4v) is 1.78. The zero-order valence-corrected chi connectivity index (χ0v) is 11.2. The molecular weight excluding hydrogens is 257 g/mol. The summed E-state index contributed by atoms with van der Waals surface area (Å²) < 4.78 is 13.2. The number of anilines is 2. The number of likely N-dealkylation sites (N-methyl/N-ethyl adjacent to an activating group) is 2. The monoisotopic (exact) mass is 273 g/mol. The molecule has 3 N–H and O–H groups in total. The molecule has 0 saturated carbocycles. The van der Waals surface area contributed by atoms with Crippen molar-refractivity contribution in [3.8, 4) is 0 Å². The van der Waals surface area contributed by atoms with Crippen molar-refractivity contribution in [3.63, 3.8) is 0 Å². The minimum atomic E-state index is -0.563. The number of rotatable bonds is 5. The molecule has 1 amide bonds.